The summed E-state index contributed by atoms with van der Waals surface area (Å²) in [5, 5.41) is 12.0. The van der Waals surface area contributed by atoms with Crippen LogP contribution in [0.5, 0.6) is 0 Å². The average molecular weight is 275 g/mol. The second-order valence-electron chi connectivity index (χ2n) is 3.85. The third kappa shape index (κ3) is 5.01. The van der Waals surface area contributed by atoms with Crippen molar-refractivity contribution < 1.29 is 9.90 Å². The van der Waals surface area contributed by atoms with Crippen LogP contribution in [-0.2, 0) is 11.2 Å². The highest BCUT2D eigenvalue weighted by molar-refractivity contribution is 8.01. The van der Waals surface area contributed by atoms with E-state index in [0.29, 0.717) is 5.75 Å². The van der Waals surface area contributed by atoms with Gasteiger partial charge in [-0.2, -0.15) is 4.37 Å². The lowest BCUT2D eigenvalue weighted by Crippen LogP contribution is -2.42. The maximum absolute atomic E-state index is 11.0. The van der Waals surface area contributed by atoms with E-state index in [0.717, 1.165) is 16.6 Å². The van der Waals surface area contributed by atoms with Crippen molar-refractivity contribution in [2.45, 2.75) is 43.6 Å². The zero-order valence-electron chi connectivity index (χ0n) is 10.1. The van der Waals surface area contributed by atoms with Crippen LogP contribution in [0.2, 0.25) is 0 Å². The lowest BCUT2D eigenvalue weighted by Gasteiger charge is -2.15. The Balaban J connectivity index is 2.48. The van der Waals surface area contributed by atoms with Gasteiger partial charge >= 0.3 is 5.97 Å². The minimum atomic E-state index is -0.827. The van der Waals surface area contributed by atoms with E-state index in [1.54, 1.807) is 0 Å². The van der Waals surface area contributed by atoms with E-state index in [9.17, 15) is 4.79 Å². The van der Waals surface area contributed by atoms with Crippen LogP contribution in [0.1, 0.15) is 26.6 Å². The van der Waals surface area contributed by atoms with Gasteiger partial charge in [-0.25, -0.2) is 4.98 Å². The smallest absolute Gasteiger partial charge is 0.321 e. The Kier molecular flexibility index (Phi) is 5.87. The number of rotatable bonds is 7. The number of thioether (sulfide) groups is 1. The third-order valence-electron chi connectivity index (χ3n) is 1.97. The van der Waals surface area contributed by atoms with Gasteiger partial charge in [0.05, 0.1) is 0 Å². The number of carboxylic acid groups (broad SMARTS) is 1. The zero-order valence-corrected chi connectivity index (χ0v) is 11.8. The highest BCUT2D eigenvalue weighted by atomic mass is 32.2. The van der Waals surface area contributed by atoms with E-state index < -0.39 is 12.0 Å². The van der Waals surface area contributed by atoms with Crippen LogP contribution in [0.4, 0.5) is 0 Å². The molecule has 5 nitrogen and oxygen atoms in total. The van der Waals surface area contributed by atoms with Crippen molar-refractivity contribution in [3.63, 3.8) is 0 Å². The topological polar surface area (TPSA) is 75.1 Å². The summed E-state index contributed by atoms with van der Waals surface area (Å²) in [7, 11) is 0. The molecule has 0 fully saturated rings. The van der Waals surface area contributed by atoms with Gasteiger partial charge in [0.2, 0.25) is 0 Å². The van der Waals surface area contributed by atoms with Crippen molar-refractivity contribution >= 4 is 29.3 Å². The van der Waals surface area contributed by atoms with E-state index in [1.165, 1.54) is 23.3 Å². The monoisotopic (exact) mass is 275 g/mol. The number of hydrogen-bond acceptors (Lipinski definition) is 6. The van der Waals surface area contributed by atoms with Gasteiger partial charge in [0.15, 0.2) is 4.34 Å². The van der Waals surface area contributed by atoms with Crippen molar-refractivity contribution in [2.24, 2.45) is 0 Å². The van der Waals surface area contributed by atoms with E-state index in [-0.39, 0.29) is 6.04 Å². The summed E-state index contributed by atoms with van der Waals surface area (Å²) in [6.45, 7) is 5.86. The van der Waals surface area contributed by atoms with Crippen LogP contribution >= 0.6 is 23.3 Å². The Labute approximate surface area is 109 Å². The molecule has 1 rings (SSSR count). The molecule has 2 N–H and O–H groups in total. The van der Waals surface area contributed by atoms with Gasteiger partial charge in [-0.15, -0.1) is 0 Å². The molecule has 7 heteroatoms. The fourth-order valence-corrected chi connectivity index (χ4v) is 2.93. The first-order chi connectivity index (χ1) is 8.02. The summed E-state index contributed by atoms with van der Waals surface area (Å²) in [6, 6.07) is -0.397. The van der Waals surface area contributed by atoms with Gasteiger partial charge in [0, 0.05) is 18.2 Å². The summed E-state index contributed by atoms with van der Waals surface area (Å²) in [6.07, 6.45) is 0.809. The maximum Gasteiger partial charge on any atom is 0.321 e. The van der Waals surface area contributed by atoms with Gasteiger partial charge in [0.1, 0.15) is 11.9 Å². The van der Waals surface area contributed by atoms with Crippen LogP contribution in [0.3, 0.4) is 0 Å². The molecule has 1 unspecified atom stereocenters. The lowest BCUT2D eigenvalue weighted by atomic mass is 10.3. The predicted octanol–water partition coefficient (Wildman–Crippen LogP) is 1.64. The SMILES string of the molecule is CCc1nsc(SCC(NC(C)C)C(=O)O)n1. The fourth-order valence-electron chi connectivity index (χ4n) is 1.19. The third-order valence-corrected chi connectivity index (χ3v) is 3.94. The van der Waals surface area contributed by atoms with Gasteiger partial charge in [0.25, 0.3) is 0 Å². The number of nitrogens with one attached hydrogen (secondary N) is 1. The summed E-state index contributed by atoms with van der Waals surface area (Å²) in [4.78, 5) is 15.3. The molecule has 96 valence electrons. The lowest BCUT2D eigenvalue weighted by molar-refractivity contribution is -0.139. The number of nitrogens with zero attached hydrogens (tertiary/aromatic N) is 2. The summed E-state index contributed by atoms with van der Waals surface area (Å²) in [5.74, 6) is 0.457. The van der Waals surface area contributed by atoms with E-state index in [2.05, 4.69) is 14.7 Å². The molecule has 0 aromatic carbocycles. The number of carbonyl (C=O) groups is 1. The molecule has 1 atom stereocenters. The van der Waals surface area contributed by atoms with Crippen LogP contribution in [0.15, 0.2) is 4.34 Å². The first-order valence-corrected chi connectivity index (χ1v) is 7.23. The van der Waals surface area contributed by atoms with Crippen LogP contribution < -0.4 is 5.32 Å². The second kappa shape index (κ2) is 6.93. The molecule has 0 radical (unpaired) electrons. The van der Waals surface area contributed by atoms with E-state index >= 15 is 0 Å². The quantitative estimate of drug-likeness (QED) is 0.737. The molecule has 0 saturated heterocycles. The minimum absolute atomic E-state index is 0.150. The predicted molar refractivity (Wildman–Crippen MR) is 69.7 cm³/mol. The number of aromatic nitrogens is 2. The van der Waals surface area contributed by atoms with Crippen molar-refractivity contribution in [1.82, 2.24) is 14.7 Å². The molecular weight excluding hydrogens is 258 g/mol. The summed E-state index contributed by atoms with van der Waals surface area (Å²) < 4.78 is 4.99. The molecule has 0 amide bonds. The highest BCUT2D eigenvalue weighted by Crippen LogP contribution is 2.21. The summed E-state index contributed by atoms with van der Waals surface area (Å²) >= 11 is 2.76. The van der Waals surface area contributed by atoms with Crippen LogP contribution in [0, 0.1) is 0 Å². The largest absolute Gasteiger partial charge is 0.480 e. The average Bonchev–Trinajstić information content (AvgIpc) is 2.71. The van der Waals surface area contributed by atoms with E-state index in [4.69, 9.17) is 5.11 Å². The molecule has 0 saturated carbocycles. The normalized spacial score (nSPS) is 12.9. The van der Waals surface area contributed by atoms with Crippen LogP contribution in [0.25, 0.3) is 0 Å². The summed E-state index contributed by atoms with van der Waals surface area (Å²) in [5.41, 5.74) is 0. The maximum atomic E-state index is 11.0. The Morgan fingerprint density at radius 1 is 1.59 bits per heavy atom. The number of aliphatic carboxylic acids is 1. The zero-order chi connectivity index (χ0) is 12.8. The molecule has 0 aliphatic heterocycles. The van der Waals surface area contributed by atoms with Crippen molar-refractivity contribution in [2.75, 3.05) is 5.75 Å². The fraction of sp³-hybridized carbons (Fsp3) is 0.700. The first kappa shape index (κ1) is 14.4. The Morgan fingerprint density at radius 3 is 2.76 bits per heavy atom. The number of hydrogen-bond donors (Lipinski definition) is 2. The molecule has 17 heavy (non-hydrogen) atoms. The first-order valence-electron chi connectivity index (χ1n) is 5.47. The van der Waals surface area contributed by atoms with Gasteiger partial charge in [-0.05, 0) is 11.5 Å². The van der Waals surface area contributed by atoms with Crippen molar-refractivity contribution in [1.29, 1.82) is 0 Å². The Bertz CT molecular complexity index is 368. The minimum Gasteiger partial charge on any atom is -0.480 e. The second-order valence-corrected chi connectivity index (χ2v) is 5.87. The van der Waals surface area contributed by atoms with E-state index in [1.807, 2.05) is 20.8 Å². The number of carboxylic acids is 1. The molecule has 1 aromatic rings. The Hall–Kier alpha value is -0.660. The van der Waals surface area contributed by atoms with Crippen molar-refractivity contribution in [3.05, 3.63) is 5.82 Å². The highest BCUT2D eigenvalue weighted by Gasteiger charge is 2.19. The van der Waals surface area contributed by atoms with Gasteiger partial charge in [-0.1, -0.05) is 32.5 Å². The molecule has 1 aromatic heterocycles. The molecule has 0 aliphatic carbocycles. The standard InChI is InChI=1S/C10H17N3O2S2/c1-4-8-12-10(17-13-8)16-5-7(9(14)15)11-6(2)3/h6-7,11H,4-5H2,1-3H3,(H,14,15). The molecule has 0 spiro atoms. The Morgan fingerprint density at radius 2 is 2.29 bits per heavy atom. The molecule has 0 bridgehead atoms. The van der Waals surface area contributed by atoms with Crippen molar-refractivity contribution in [3.8, 4) is 0 Å². The van der Waals surface area contributed by atoms with Gasteiger partial charge in [-0.3, -0.25) is 4.79 Å². The molecular formula is C10H17N3O2S2. The molecule has 1 heterocycles. The van der Waals surface area contributed by atoms with Crippen LogP contribution in [-0.4, -0.2) is 38.3 Å². The van der Waals surface area contributed by atoms with Gasteiger partial charge < -0.3 is 10.4 Å². The number of aryl methyl sites for hydroxylation is 1. The molecule has 0 aliphatic rings.